The third-order valence-corrected chi connectivity index (χ3v) is 5.12. The van der Waals surface area contributed by atoms with Crippen molar-refractivity contribution >= 4 is 33.0 Å². The van der Waals surface area contributed by atoms with Crippen molar-refractivity contribution in [1.82, 2.24) is 0 Å². The average molecular weight is 385 g/mol. The summed E-state index contributed by atoms with van der Waals surface area (Å²) in [7, 11) is -4.00. The average Bonchev–Trinajstić information content (AvgIpc) is 3.02. The highest BCUT2D eigenvalue weighted by molar-refractivity contribution is 7.92. The predicted molar refractivity (Wildman–Crippen MR) is 90.9 cm³/mol. The quantitative estimate of drug-likeness (QED) is 0.466. The summed E-state index contributed by atoms with van der Waals surface area (Å²) in [6.07, 6.45) is 0.272. The third kappa shape index (κ3) is 3.62. The largest absolute Gasteiger partial charge is 0.454 e. The molecule has 1 aliphatic rings. The lowest BCUT2D eigenvalue weighted by molar-refractivity contribution is -0.385. The van der Waals surface area contributed by atoms with E-state index in [1.54, 1.807) is 6.07 Å². The van der Waals surface area contributed by atoms with Crippen LogP contribution in [0.4, 0.5) is 11.4 Å². The number of halogens is 1. The summed E-state index contributed by atoms with van der Waals surface area (Å²) in [4.78, 5) is 10.3. The first kappa shape index (κ1) is 17.3. The Morgan fingerprint density at radius 2 is 1.92 bits per heavy atom. The second-order valence-corrected chi connectivity index (χ2v) is 7.22. The van der Waals surface area contributed by atoms with Crippen LogP contribution in [-0.4, -0.2) is 26.0 Å². The maximum atomic E-state index is 12.5. The minimum Gasteiger partial charge on any atom is -0.454 e. The highest BCUT2D eigenvalue weighted by Gasteiger charge is 2.22. The number of fused-ring (bicyclic) bond motifs is 1. The molecule has 0 spiro atoms. The first-order valence-electron chi connectivity index (χ1n) is 7.16. The Morgan fingerprint density at radius 1 is 1.16 bits per heavy atom. The SMILES string of the molecule is O=[N+]([O-])c1cc(S(=O)(=O)Nc2ccc3c(c2)OCO3)ccc1CCCl. The number of aryl methyl sites for hydroxylation is 1. The minimum absolute atomic E-state index is 0.0692. The molecule has 10 heteroatoms. The van der Waals surface area contributed by atoms with Crippen LogP contribution in [-0.2, 0) is 16.4 Å². The zero-order valence-electron chi connectivity index (χ0n) is 12.8. The molecule has 0 unspecified atom stereocenters. The number of sulfonamides is 1. The van der Waals surface area contributed by atoms with Crippen LogP contribution < -0.4 is 14.2 Å². The Balaban J connectivity index is 1.92. The molecule has 0 fully saturated rings. The van der Waals surface area contributed by atoms with Crippen molar-refractivity contribution in [2.45, 2.75) is 11.3 Å². The fraction of sp³-hybridized carbons (Fsp3) is 0.200. The lowest BCUT2D eigenvalue weighted by Crippen LogP contribution is -2.13. The van der Waals surface area contributed by atoms with Crippen molar-refractivity contribution in [2.24, 2.45) is 0 Å². The molecule has 0 radical (unpaired) electrons. The van der Waals surface area contributed by atoms with Crippen molar-refractivity contribution < 1.29 is 22.8 Å². The van der Waals surface area contributed by atoms with Crippen LogP contribution >= 0.6 is 11.6 Å². The molecule has 3 rings (SSSR count). The van der Waals surface area contributed by atoms with Gasteiger partial charge in [-0.1, -0.05) is 6.07 Å². The Kier molecular flexibility index (Phi) is 4.69. The van der Waals surface area contributed by atoms with E-state index in [0.29, 0.717) is 17.1 Å². The fourth-order valence-corrected chi connectivity index (χ4v) is 3.64. The Morgan fingerprint density at radius 3 is 2.64 bits per heavy atom. The van der Waals surface area contributed by atoms with Crippen LogP contribution in [0.2, 0.25) is 0 Å². The smallest absolute Gasteiger partial charge is 0.273 e. The van der Waals surface area contributed by atoms with Gasteiger partial charge in [0.25, 0.3) is 15.7 Å². The molecule has 0 aliphatic carbocycles. The number of hydrogen-bond donors (Lipinski definition) is 1. The molecule has 0 aromatic heterocycles. The van der Waals surface area contributed by atoms with Crippen molar-refractivity contribution in [3.63, 3.8) is 0 Å². The van der Waals surface area contributed by atoms with E-state index in [1.807, 2.05) is 0 Å². The summed E-state index contributed by atoms with van der Waals surface area (Å²) in [5.41, 5.74) is 0.355. The fourth-order valence-electron chi connectivity index (χ4n) is 2.37. The summed E-state index contributed by atoms with van der Waals surface area (Å²) in [5.74, 6) is 1.13. The molecule has 0 saturated carbocycles. The van der Waals surface area contributed by atoms with Crippen LogP contribution in [0.15, 0.2) is 41.3 Å². The van der Waals surface area contributed by atoms with E-state index in [-0.39, 0.29) is 35.4 Å². The monoisotopic (exact) mass is 384 g/mol. The van der Waals surface area contributed by atoms with Gasteiger partial charge in [0.15, 0.2) is 11.5 Å². The first-order chi connectivity index (χ1) is 11.9. The van der Waals surface area contributed by atoms with E-state index in [1.165, 1.54) is 24.3 Å². The van der Waals surface area contributed by atoms with Crippen LogP contribution in [0.1, 0.15) is 5.56 Å². The number of nitrogens with one attached hydrogen (secondary N) is 1. The van der Waals surface area contributed by atoms with Gasteiger partial charge in [-0.15, -0.1) is 11.6 Å². The zero-order valence-corrected chi connectivity index (χ0v) is 14.3. The highest BCUT2D eigenvalue weighted by atomic mass is 35.5. The van der Waals surface area contributed by atoms with E-state index in [4.69, 9.17) is 21.1 Å². The number of alkyl halides is 1. The molecule has 2 aromatic rings. The van der Waals surface area contributed by atoms with Crippen molar-refractivity contribution in [3.8, 4) is 11.5 Å². The maximum Gasteiger partial charge on any atom is 0.273 e. The Bertz CT molecular complexity index is 932. The maximum absolute atomic E-state index is 12.5. The van der Waals surface area contributed by atoms with Crippen molar-refractivity contribution in [2.75, 3.05) is 17.4 Å². The third-order valence-electron chi connectivity index (χ3n) is 3.55. The van der Waals surface area contributed by atoms with Crippen LogP contribution in [0.25, 0.3) is 0 Å². The van der Waals surface area contributed by atoms with Gasteiger partial charge in [0.2, 0.25) is 6.79 Å². The van der Waals surface area contributed by atoms with Gasteiger partial charge in [0.1, 0.15) is 0 Å². The molecule has 0 amide bonds. The molecule has 2 aromatic carbocycles. The van der Waals surface area contributed by atoms with Gasteiger partial charge in [-0.2, -0.15) is 0 Å². The minimum atomic E-state index is -4.00. The van der Waals surface area contributed by atoms with Crippen LogP contribution in [0, 0.1) is 10.1 Å². The molecular formula is C15H13ClN2O6S. The summed E-state index contributed by atoms with van der Waals surface area (Å²) in [5, 5.41) is 11.2. The first-order valence-corrected chi connectivity index (χ1v) is 9.18. The lowest BCUT2D eigenvalue weighted by atomic mass is 10.1. The van der Waals surface area contributed by atoms with Gasteiger partial charge in [0, 0.05) is 23.6 Å². The molecule has 1 heterocycles. The predicted octanol–water partition coefficient (Wildman–Crippen LogP) is 2.91. The summed E-state index contributed by atoms with van der Waals surface area (Å²) >= 11 is 5.62. The second kappa shape index (κ2) is 6.77. The molecular weight excluding hydrogens is 372 g/mol. The molecule has 0 atom stereocenters. The molecule has 1 aliphatic heterocycles. The number of hydrogen-bond acceptors (Lipinski definition) is 6. The molecule has 0 bridgehead atoms. The number of nitro benzene ring substituents is 1. The van der Waals surface area contributed by atoms with Gasteiger partial charge >= 0.3 is 0 Å². The lowest BCUT2D eigenvalue weighted by Gasteiger charge is -2.10. The van der Waals surface area contributed by atoms with Gasteiger partial charge in [0.05, 0.1) is 15.5 Å². The highest BCUT2D eigenvalue weighted by Crippen LogP contribution is 2.35. The van der Waals surface area contributed by atoms with Gasteiger partial charge < -0.3 is 9.47 Å². The molecule has 132 valence electrons. The number of anilines is 1. The molecule has 25 heavy (non-hydrogen) atoms. The molecule has 8 nitrogen and oxygen atoms in total. The zero-order chi connectivity index (χ0) is 18.0. The van der Waals surface area contributed by atoms with Crippen LogP contribution in [0.5, 0.6) is 11.5 Å². The van der Waals surface area contributed by atoms with Crippen LogP contribution in [0.3, 0.4) is 0 Å². The summed E-state index contributed by atoms with van der Waals surface area (Å²) in [6.45, 7) is 0.0692. The van der Waals surface area contributed by atoms with Crippen molar-refractivity contribution in [3.05, 3.63) is 52.1 Å². The number of benzene rings is 2. The number of rotatable bonds is 6. The Hall–Kier alpha value is -2.52. The van der Waals surface area contributed by atoms with E-state index < -0.39 is 14.9 Å². The number of nitrogens with zero attached hydrogens (tertiary/aromatic N) is 1. The number of nitro groups is 1. The van der Waals surface area contributed by atoms with Crippen molar-refractivity contribution in [1.29, 1.82) is 0 Å². The Labute approximate surface area is 148 Å². The topological polar surface area (TPSA) is 108 Å². The summed E-state index contributed by atoms with van der Waals surface area (Å²) < 4.78 is 37.8. The van der Waals surface area contributed by atoms with Gasteiger partial charge in [-0.05, 0) is 24.6 Å². The second-order valence-electron chi connectivity index (χ2n) is 5.16. The van der Waals surface area contributed by atoms with E-state index in [9.17, 15) is 18.5 Å². The van der Waals surface area contributed by atoms with E-state index in [0.717, 1.165) is 6.07 Å². The number of ether oxygens (including phenoxy) is 2. The van der Waals surface area contributed by atoms with E-state index >= 15 is 0 Å². The normalized spacial score (nSPS) is 12.8. The van der Waals surface area contributed by atoms with E-state index in [2.05, 4.69) is 4.72 Å². The molecule has 1 N–H and O–H groups in total. The summed E-state index contributed by atoms with van der Waals surface area (Å²) in [6, 6.07) is 8.31. The van der Waals surface area contributed by atoms with Gasteiger partial charge in [-0.3, -0.25) is 14.8 Å². The standard InChI is InChI=1S/C15H13ClN2O6S/c16-6-5-10-1-3-12(8-13(10)18(19)20)25(21,22)17-11-2-4-14-15(7-11)24-9-23-14/h1-4,7-8,17H,5-6,9H2. The van der Waals surface area contributed by atoms with Gasteiger partial charge in [-0.25, -0.2) is 8.42 Å². The molecule has 0 saturated heterocycles.